The van der Waals surface area contributed by atoms with Gasteiger partial charge in [-0.3, -0.25) is 9.78 Å². The number of hydrogen-bond acceptors (Lipinski definition) is 4. The van der Waals surface area contributed by atoms with Gasteiger partial charge in [-0.25, -0.2) is 0 Å². The molecule has 2 rings (SSSR count). The third kappa shape index (κ3) is 4.21. The van der Waals surface area contributed by atoms with Crippen molar-refractivity contribution in [2.45, 2.75) is 6.42 Å². The first-order valence-electron chi connectivity index (χ1n) is 6.78. The minimum atomic E-state index is -0.171. The number of ether oxygens (including phenoxy) is 1. The lowest BCUT2D eigenvalue weighted by molar-refractivity contribution is 0.0949. The summed E-state index contributed by atoms with van der Waals surface area (Å²) in [5, 5.41) is 5.85. The molecular formula is C16H19N3O2. The van der Waals surface area contributed by atoms with E-state index < -0.39 is 0 Å². The molecule has 0 spiro atoms. The average molecular weight is 285 g/mol. The number of hydrogen-bond donors (Lipinski definition) is 2. The Kier molecular flexibility index (Phi) is 5.15. The number of benzene rings is 1. The molecule has 0 atom stereocenters. The van der Waals surface area contributed by atoms with Gasteiger partial charge in [-0.05, 0) is 36.2 Å². The van der Waals surface area contributed by atoms with Crippen molar-refractivity contribution < 1.29 is 9.53 Å². The lowest BCUT2D eigenvalue weighted by Gasteiger charge is -2.07. The molecule has 1 aromatic carbocycles. The van der Waals surface area contributed by atoms with Gasteiger partial charge in [-0.15, -0.1) is 0 Å². The van der Waals surface area contributed by atoms with Crippen LogP contribution >= 0.6 is 0 Å². The Labute approximate surface area is 124 Å². The Morgan fingerprint density at radius 1 is 1.29 bits per heavy atom. The second-order valence-electron chi connectivity index (χ2n) is 4.54. The zero-order chi connectivity index (χ0) is 15.1. The van der Waals surface area contributed by atoms with E-state index in [1.54, 1.807) is 26.4 Å². The zero-order valence-electron chi connectivity index (χ0n) is 12.2. The molecule has 2 aromatic rings. The molecule has 0 bridgehead atoms. The monoisotopic (exact) mass is 285 g/mol. The molecule has 1 heterocycles. The summed E-state index contributed by atoms with van der Waals surface area (Å²) in [4.78, 5) is 16.1. The van der Waals surface area contributed by atoms with E-state index in [9.17, 15) is 4.79 Å². The molecule has 5 nitrogen and oxygen atoms in total. The Balaban J connectivity index is 1.88. The number of methoxy groups -OCH3 is 1. The summed E-state index contributed by atoms with van der Waals surface area (Å²) in [5.74, 6) is 0.650. The summed E-state index contributed by atoms with van der Waals surface area (Å²) in [7, 11) is 3.45. The standard InChI is InChI=1S/C16H19N3O2/c1-17-13-7-9-18-15(11-13)16(20)19-8-6-12-4-3-5-14(10-12)21-2/h3-5,7,9-11H,6,8H2,1-2H3,(H,17,18)(H,19,20). The maximum atomic E-state index is 12.0. The van der Waals surface area contributed by atoms with E-state index in [-0.39, 0.29) is 5.91 Å². The summed E-state index contributed by atoms with van der Waals surface area (Å²) in [6, 6.07) is 11.3. The van der Waals surface area contributed by atoms with E-state index >= 15 is 0 Å². The van der Waals surface area contributed by atoms with Crippen LogP contribution in [0.4, 0.5) is 5.69 Å². The summed E-state index contributed by atoms with van der Waals surface area (Å²) in [6.07, 6.45) is 2.36. The van der Waals surface area contributed by atoms with E-state index in [1.165, 1.54) is 0 Å². The van der Waals surface area contributed by atoms with Crippen LogP contribution in [-0.2, 0) is 6.42 Å². The number of rotatable bonds is 6. The molecule has 0 fully saturated rings. The van der Waals surface area contributed by atoms with E-state index in [1.807, 2.05) is 30.3 Å². The first kappa shape index (κ1) is 14.8. The predicted molar refractivity (Wildman–Crippen MR) is 82.8 cm³/mol. The molecule has 0 unspecified atom stereocenters. The van der Waals surface area contributed by atoms with Crippen molar-refractivity contribution in [1.29, 1.82) is 0 Å². The topological polar surface area (TPSA) is 63.2 Å². The van der Waals surface area contributed by atoms with Crippen LogP contribution in [0.2, 0.25) is 0 Å². The molecular weight excluding hydrogens is 266 g/mol. The van der Waals surface area contributed by atoms with Gasteiger partial charge in [0.15, 0.2) is 0 Å². The van der Waals surface area contributed by atoms with E-state index in [2.05, 4.69) is 15.6 Å². The number of pyridine rings is 1. The Morgan fingerprint density at radius 2 is 2.14 bits per heavy atom. The van der Waals surface area contributed by atoms with Crippen LogP contribution in [-0.4, -0.2) is 31.6 Å². The molecule has 5 heteroatoms. The quantitative estimate of drug-likeness (QED) is 0.853. The smallest absolute Gasteiger partial charge is 0.269 e. The molecule has 0 aliphatic carbocycles. The van der Waals surface area contributed by atoms with Crippen LogP contribution < -0.4 is 15.4 Å². The van der Waals surface area contributed by atoms with Gasteiger partial charge < -0.3 is 15.4 Å². The van der Waals surface area contributed by atoms with E-state index in [0.29, 0.717) is 12.2 Å². The lowest BCUT2D eigenvalue weighted by Crippen LogP contribution is -2.26. The highest BCUT2D eigenvalue weighted by molar-refractivity contribution is 5.93. The first-order valence-corrected chi connectivity index (χ1v) is 6.78. The largest absolute Gasteiger partial charge is 0.497 e. The highest BCUT2D eigenvalue weighted by Crippen LogP contribution is 2.12. The van der Waals surface area contributed by atoms with Gasteiger partial charge in [0.2, 0.25) is 0 Å². The molecule has 1 amide bonds. The van der Waals surface area contributed by atoms with Crippen LogP contribution in [0.5, 0.6) is 5.75 Å². The van der Waals surface area contributed by atoms with Gasteiger partial charge in [0, 0.05) is 25.5 Å². The second kappa shape index (κ2) is 7.28. The normalized spacial score (nSPS) is 10.0. The summed E-state index contributed by atoms with van der Waals surface area (Å²) in [6.45, 7) is 0.553. The van der Waals surface area contributed by atoms with Crippen molar-refractivity contribution in [2.24, 2.45) is 0 Å². The average Bonchev–Trinajstić information content (AvgIpc) is 2.55. The van der Waals surface area contributed by atoms with Crippen LogP contribution in [0.25, 0.3) is 0 Å². The number of nitrogens with zero attached hydrogens (tertiary/aromatic N) is 1. The highest BCUT2D eigenvalue weighted by Gasteiger charge is 2.07. The number of carbonyl (C=O) groups is 1. The fourth-order valence-corrected chi connectivity index (χ4v) is 1.95. The van der Waals surface area contributed by atoms with Gasteiger partial charge in [0.05, 0.1) is 7.11 Å². The van der Waals surface area contributed by atoms with Crippen molar-refractivity contribution in [2.75, 3.05) is 26.0 Å². The summed E-state index contributed by atoms with van der Waals surface area (Å²) in [5.41, 5.74) is 2.39. The van der Waals surface area contributed by atoms with Crippen molar-refractivity contribution >= 4 is 11.6 Å². The number of nitrogens with one attached hydrogen (secondary N) is 2. The van der Waals surface area contributed by atoms with Gasteiger partial charge in [0.1, 0.15) is 11.4 Å². The van der Waals surface area contributed by atoms with Crippen molar-refractivity contribution in [3.8, 4) is 5.75 Å². The first-order chi connectivity index (χ1) is 10.2. The number of amides is 1. The molecule has 0 radical (unpaired) electrons. The molecule has 0 saturated carbocycles. The van der Waals surface area contributed by atoms with Crippen molar-refractivity contribution in [3.63, 3.8) is 0 Å². The van der Waals surface area contributed by atoms with Crippen LogP contribution in [0.15, 0.2) is 42.6 Å². The summed E-state index contributed by atoms with van der Waals surface area (Å²) >= 11 is 0. The summed E-state index contributed by atoms with van der Waals surface area (Å²) < 4.78 is 5.17. The Morgan fingerprint density at radius 3 is 2.90 bits per heavy atom. The molecule has 1 aromatic heterocycles. The van der Waals surface area contributed by atoms with E-state index in [4.69, 9.17) is 4.74 Å². The van der Waals surface area contributed by atoms with Gasteiger partial charge in [-0.2, -0.15) is 0 Å². The van der Waals surface area contributed by atoms with Crippen LogP contribution in [0.1, 0.15) is 16.1 Å². The minimum Gasteiger partial charge on any atom is -0.497 e. The maximum absolute atomic E-state index is 12.0. The minimum absolute atomic E-state index is 0.171. The van der Waals surface area contributed by atoms with Gasteiger partial charge in [0.25, 0.3) is 5.91 Å². The van der Waals surface area contributed by atoms with Crippen molar-refractivity contribution in [3.05, 3.63) is 53.9 Å². The zero-order valence-corrected chi connectivity index (χ0v) is 12.2. The molecule has 0 aliphatic rings. The molecule has 21 heavy (non-hydrogen) atoms. The lowest BCUT2D eigenvalue weighted by atomic mass is 10.1. The van der Waals surface area contributed by atoms with Gasteiger partial charge >= 0.3 is 0 Å². The number of carbonyl (C=O) groups excluding carboxylic acids is 1. The number of anilines is 1. The molecule has 0 aliphatic heterocycles. The van der Waals surface area contributed by atoms with Crippen molar-refractivity contribution in [1.82, 2.24) is 10.3 Å². The Bertz CT molecular complexity index is 614. The fourth-order valence-electron chi connectivity index (χ4n) is 1.95. The van der Waals surface area contributed by atoms with Crippen LogP contribution in [0.3, 0.4) is 0 Å². The second-order valence-corrected chi connectivity index (χ2v) is 4.54. The molecule has 110 valence electrons. The third-order valence-corrected chi connectivity index (χ3v) is 3.11. The number of aromatic nitrogens is 1. The fraction of sp³-hybridized carbons (Fsp3) is 0.250. The molecule has 2 N–H and O–H groups in total. The third-order valence-electron chi connectivity index (χ3n) is 3.11. The van der Waals surface area contributed by atoms with Crippen LogP contribution in [0, 0.1) is 0 Å². The van der Waals surface area contributed by atoms with E-state index in [0.717, 1.165) is 23.4 Å². The maximum Gasteiger partial charge on any atom is 0.269 e. The SMILES string of the molecule is CNc1ccnc(C(=O)NCCc2cccc(OC)c2)c1. The highest BCUT2D eigenvalue weighted by atomic mass is 16.5. The predicted octanol–water partition coefficient (Wildman–Crippen LogP) is 2.10. The Hall–Kier alpha value is -2.56. The molecule has 0 saturated heterocycles. The van der Waals surface area contributed by atoms with Gasteiger partial charge in [-0.1, -0.05) is 12.1 Å².